The van der Waals surface area contributed by atoms with Gasteiger partial charge in [0, 0.05) is 25.4 Å². The maximum absolute atomic E-state index is 12.9. The second-order valence-electron chi connectivity index (χ2n) is 14.5. The van der Waals surface area contributed by atoms with E-state index in [1.807, 2.05) is 33.8 Å². The van der Waals surface area contributed by atoms with Gasteiger partial charge in [0.1, 0.15) is 5.60 Å². The van der Waals surface area contributed by atoms with Crippen molar-refractivity contribution in [3.63, 3.8) is 0 Å². The van der Waals surface area contributed by atoms with E-state index < -0.39 is 5.60 Å². The van der Waals surface area contributed by atoms with Gasteiger partial charge in [0.05, 0.1) is 11.6 Å². The molecule has 0 aromatic carbocycles. The number of carbonyl (C=O) groups is 3. The minimum atomic E-state index is -0.528. The molecule has 0 spiro atoms. The first-order chi connectivity index (χ1) is 18.3. The lowest BCUT2D eigenvalue weighted by Gasteiger charge is -2.58. The number of likely N-dealkylation sites (tertiary alicyclic amines) is 1. The van der Waals surface area contributed by atoms with E-state index in [1.54, 1.807) is 4.90 Å². The van der Waals surface area contributed by atoms with Crippen LogP contribution in [0.25, 0.3) is 0 Å². The molecule has 6 atom stereocenters. The third-order valence-electron chi connectivity index (χ3n) is 11.2. The van der Waals surface area contributed by atoms with Crippen LogP contribution in [0, 0.1) is 40.4 Å². The summed E-state index contributed by atoms with van der Waals surface area (Å²) in [6.45, 7) is 13.5. The minimum absolute atomic E-state index is 0.183. The molecule has 5 rings (SSSR count). The van der Waals surface area contributed by atoms with Crippen LogP contribution in [0.3, 0.4) is 0 Å². The Kier molecular flexibility index (Phi) is 7.51. The van der Waals surface area contributed by atoms with Gasteiger partial charge in [-0.3, -0.25) is 4.79 Å². The summed E-state index contributed by atoms with van der Waals surface area (Å²) >= 11 is 0. The van der Waals surface area contributed by atoms with Crippen LogP contribution < -0.4 is 0 Å². The van der Waals surface area contributed by atoms with Crippen LogP contribution in [0.4, 0.5) is 4.79 Å². The number of nitrogens with zero attached hydrogens (tertiary/aromatic N) is 2. The first-order valence-electron chi connectivity index (χ1n) is 15.3. The molecule has 1 aliphatic heterocycles. The van der Waals surface area contributed by atoms with Gasteiger partial charge in [0.15, 0.2) is 5.78 Å². The summed E-state index contributed by atoms with van der Waals surface area (Å²) in [6.07, 6.45) is 11.5. The molecule has 0 aromatic heterocycles. The molecule has 0 radical (unpaired) electrons. The van der Waals surface area contributed by atoms with Gasteiger partial charge in [0.25, 0.3) is 0 Å². The second-order valence-corrected chi connectivity index (χ2v) is 14.5. The number of carbonyl (C=O) groups excluding carboxylic acids is 3. The maximum Gasteiger partial charge on any atom is 0.410 e. The van der Waals surface area contributed by atoms with Crippen molar-refractivity contribution >= 4 is 23.6 Å². The highest BCUT2D eigenvalue weighted by molar-refractivity contribution is 5.91. The molecule has 4 aliphatic carbocycles. The Hall–Kier alpha value is -2.18. The molecule has 1 saturated heterocycles. The SMILES string of the molecule is CC(=NOC(=O)C1CCN(C(=O)OC(C)(C)C)CC1)[C@H]1CC[C@H]2[C@@H]3CCC4=CC(=O)CC[C@]4(C)[C@H]3CC[C@]12C. The highest BCUT2D eigenvalue weighted by atomic mass is 16.7. The number of ether oxygens (including phenoxy) is 1. The van der Waals surface area contributed by atoms with Gasteiger partial charge in [0.2, 0.25) is 0 Å². The summed E-state index contributed by atoms with van der Waals surface area (Å²) in [6, 6.07) is 0. The van der Waals surface area contributed by atoms with Crippen molar-refractivity contribution in [2.75, 3.05) is 13.1 Å². The van der Waals surface area contributed by atoms with Crippen LogP contribution in [0.1, 0.15) is 106 Å². The number of amides is 1. The average Bonchev–Trinajstić information content (AvgIpc) is 3.24. The summed E-state index contributed by atoms with van der Waals surface area (Å²) in [7, 11) is 0. The summed E-state index contributed by atoms with van der Waals surface area (Å²) < 4.78 is 5.46. The molecule has 39 heavy (non-hydrogen) atoms. The first kappa shape index (κ1) is 28.4. The van der Waals surface area contributed by atoms with Crippen LogP contribution in [0.2, 0.25) is 0 Å². The lowest BCUT2D eigenvalue weighted by Crippen LogP contribution is -2.51. The van der Waals surface area contributed by atoms with Gasteiger partial charge in [-0.2, -0.15) is 0 Å². The van der Waals surface area contributed by atoms with E-state index in [9.17, 15) is 14.4 Å². The number of rotatable bonds is 3. The Balaban J connectivity index is 1.18. The van der Waals surface area contributed by atoms with Gasteiger partial charge >= 0.3 is 12.1 Å². The molecule has 0 unspecified atom stereocenters. The minimum Gasteiger partial charge on any atom is -0.444 e. The molecular weight excluding hydrogens is 492 g/mol. The van der Waals surface area contributed by atoms with Gasteiger partial charge in [-0.25, -0.2) is 9.59 Å². The third-order valence-corrected chi connectivity index (χ3v) is 11.2. The lowest BCUT2D eigenvalue weighted by molar-refractivity contribution is -0.150. The van der Waals surface area contributed by atoms with Crippen molar-refractivity contribution in [3.05, 3.63) is 11.6 Å². The fourth-order valence-corrected chi connectivity index (χ4v) is 9.12. The van der Waals surface area contributed by atoms with Crippen LogP contribution in [-0.4, -0.2) is 47.1 Å². The standard InChI is InChI=1S/C32H48N2O5/c1-20(33-39-28(36)21-13-17-34(18-14-21)29(37)38-30(2,3)4)25-9-10-26-24-8-7-22-19-23(35)11-15-31(22,5)27(24)12-16-32(25,26)6/h19,21,24-27H,7-18H2,1-6H3/t24-,25+,26-,27-,31-,32+/m0/s1. The number of hydrogen-bond donors (Lipinski definition) is 0. The zero-order chi connectivity index (χ0) is 28.2. The molecule has 0 bridgehead atoms. The number of fused-ring (bicyclic) bond motifs is 5. The Bertz CT molecular complexity index is 1060. The van der Waals surface area contributed by atoms with E-state index >= 15 is 0 Å². The van der Waals surface area contributed by atoms with Crippen molar-refractivity contribution < 1.29 is 24.0 Å². The van der Waals surface area contributed by atoms with Gasteiger partial charge < -0.3 is 14.5 Å². The Morgan fingerprint density at radius 2 is 1.69 bits per heavy atom. The summed E-state index contributed by atoms with van der Waals surface area (Å²) in [4.78, 5) is 44.5. The number of allylic oxidation sites excluding steroid dienone is 1. The molecule has 4 fully saturated rings. The van der Waals surface area contributed by atoms with Crippen LogP contribution >= 0.6 is 0 Å². The number of oxime groups is 1. The van der Waals surface area contributed by atoms with E-state index in [-0.39, 0.29) is 28.8 Å². The van der Waals surface area contributed by atoms with Gasteiger partial charge in [-0.05, 0) is 120 Å². The molecule has 0 aromatic rings. The summed E-state index contributed by atoms with van der Waals surface area (Å²) in [5.41, 5.74) is 2.21. The fraction of sp³-hybridized carbons (Fsp3) is 0.812. The molecule has 1 amide bonds. The molecule has 7 heteroatoms. The molecule has 7 nitrogen and oxygen atoms in total. The highest BCUT2D eigenvalue weighted by Gasteiger charge is 2.59. The van der Waals surface area contributed by atoms with Crippen molar-refractivity contribution in [2.45, 2.75) is 111 Å². The fourth-order valence-electron chi connectivity index (χ4n) is 9.12. The van der Waals surface area contributed by atoms with Crippen LogP contribution in [0.5, 0.6) is 0 Å². The van der Waals surface area contributed by atoms with E-state index in [2.05, 4.69) is 19.0 Å². The zero-order valence-electron chi connectivity index (χ0n) is 24.9. The molecule has 0 N–H and O–H groups in total. The predicted molar refractivity (Wildman–Crippen MR) is 150 cm³/mol. The number of ketones is 1. The van der Waals surface area contributed by atoms with Crippen LogP contribution in [0.15, 0.2) is 16.8 Å². The number of piperidine rings is 1. The molecule has 5 aliphatic rings. The van der Waals surface area contributed by atoms with Crippen molar-refractivity contribution in [3.8, 4) is 0 Å². The Labute approximate surface area is 234 Å². The molecule has 216 valence electrons. The zero-order valence-corrected chi connectivity index (χ0v) is 24.9. The lowest BCUT2D eigenvalue weighted by atomic mass is 9.46. The maximum atomic E-state index is 12.9. The Morgan fingerprint density at radius 1 is 0.974 bits per heavy atom. The highest BCUT2D eigenvalue weighted by Crippen LogP contribution is 2.66. The quantitative estimate of drug-likeness (QED) is 0.226. The summed E-state index contributed by atoms with van der Waals surface area (Å²) in [5, 5.41) is 4.43. The average molecular weight is 541 g/mol. The monoisotopic (exact) mass is 540 g/mol. The smallest absolute Gasteiger partial charge is 0.410 e. The predicted octanol–water partition coefficient (Wildman–Crippen LogP) is 6.70. The topological polar surface area (TPSA) is 85.3 Å². The number of hydrogen-bond acceptors (Lipinski definition) is 6. The van der Waals surface area contributed by atoms with E-state index in [1.165, 1.54) is 31.3 Å². The summed E-state index contributed by atoms with van der Waals surface area (Å²) in [5.74, 6) is 2.16. The van der Waals surface area contributed by atoms with E-state index in [0.29, 0.717) is 61.8 Å². The van der Waals surface area contributed by atoms with E-state index in [4.69, 9.17) is 9.57 Å². The molecule has 3 saturated carbocycles. The first-order valence-corrected chi connectivity index (χ1v) is 15.3. The molecule has 1 heterocycles. The second kappa shape index (κ2) is 10.3. The normalized spacial score (nSPS) is 37.4. The van der Waals surface area contributed by atoms with Gasteiger partial charge in [-0.15, -0.1) is 0 Å². The van der Waals surface area contributed by atoms with E-state index in [0.717, 1.165) is 25.0 Å². The van der Waals surface area contributed by atoms with Crippen molar-refractivity contribution in [2.24, 2.45) is 45.6 Å². The van der Waals surface area contributed by atoms with Crippen molar-refractivity contribution in [1.82, 2.24) is 4.90 Å². The molecular formula is C32H48N2O5. The Morgan fingerprint density at radius 3 is 2.38 bits per heavy atom. The van der Waals surface area contributed by atoms with Crippen molar-refractivity contribution in [1.29, 1.82) is 0 Å². The third kappa shape index (κ3) is 5.31. The largest absolute Gasteiger partial charge is 0.444 e. The van der Waals surface area contributed by atoms with Crippen LogP contribution in [-0.2, 0) is 19.2 Å². The van der Waals surface area contributed by atoms with Gasteiger partial charge in [-0.1, -0.05) is 24.6 Å².